The molecule has 0 atom stereocenters. The molecule has 0 aliphatic heterocycles. The normalized spacial score (nSPS) is 10.9. The van der Waals surface area contributed by atoms with E-state index in [-0.39, 0.29) is 0 Å². The highest BCUT2D eigenvalue weighted by atomic mass is 16.5. The van der Waals surface area contributed by atoms with Crippen LogP contribution in [-0.4, -0.2) is 17.1 Å². The van der Waals surface area contributed by atoms with E-state index in [9.17, 15) is 0 Å². The van der Waals surface area contributed by atoms with Gasteiger partial charge in [-0.1, -0.05) is 6.07 Å². The lowest BCUT2D eigenvalue weighted by Crippen LogP contribution is -1.89. The van der Waals surface area contributed by atoms with Crippen LogP contribution in [0.4, 0.5) is 0 Å². The van der Waals surface area contributed by atoms with Gasteiger partial charge in [-0.3, -0.25) is 9.97 Å². The van der Waals surface area contributed by atoms with E-state index >= 15 is 0 Å². The number of hydrogen-bond donors (Lipinski definition) is 0. The van der Waals surface area contributed by atoms with E-state index in [1.54, 1.807) is 37.8 Å². The second-order valence-corrected chi connectivity index (χ2v) is 3.99. The number of hydrogen-bond acceptors (Lipinski definition) is 4. The Morgan fingerprint density at radius 2 is 2.21 bits per heavy atom. The Hall–Kier alpha value is -2.67. The molecule has 2 aromatic rings. The zero-order chi connectivity index (χ0) is 13.7. The lowest BCUT2D eigenvalue weighted by atomic mass is 10.1. The van der Waals surface area contributed by atoms with Crippen molar-refractivity contribution in [1.29, 1.82) is 5.26 Å². The molecule has 0 amide bonds. The molecule has 94 valence electrons. The Kier molecular flexibility index (Phi) is 3.89. The van der Waals surface area contributed by atoms with Crippen LogP contribution in [0.25, 0.3) is 11.6 Å². The van der Waals surface area contributed by atoms with Gasteiger partial charge in [0, 0.05) is 12.4 Å². The van der Waals surface area contributed by atoms with Gasteiger partial charge < -0.3 is 4.74 Å². The maximum atomic E-state index is 9.05. The smallest absolute Gasteiger partial charge is 0.136 e. The van der Waals surface area contributed by atoms with Crippen molar-refractivity contribution in [3.8, 4) is 11.8 Å². The number of rotatable bonds is 3. The van der Waals surface area contributed by atoms with Gasteiger partial charge in [-0.05, 0) is 36.3 Å². The molecule has 0 saturated carbocycles. The van der Waals surface area contributed by atoms with Crippen molar-refractivity contribution in [3.05, 3.63) is 53.6 Å². The van der Waals surface area contributed by atoms with Gasteiger partial charge >= 0.3 is 0 Å². The summed E-state index contributed by atoms with van der Waals surface area (Å²) in [4.78, 5) is 8.26. The molecule has 0 aliphatic carbocycles. The summed E-state index contributed by atoms with van der Waals surface area (Å²) in [7, 11) is 1.55. The molecule has 1 aromatic carbocycles. The first-order valence-electron chi connectivity index (χ1n) is 5.77. The van der Waals surface area contributed by atoms with Crippen molar-refractivity contribution in [1.82, 2.24) is 9.97 Å². The molecular weight excluding hydrogens is 238 g/mol. The third-order valence-corrected chi connectivity index (χ3v) is 2.69. The predicted octanol–water partition coefficient (Wildman–Crippen LogP) is 2.92. The highest BCUT2D eigenvalue weighted by Gasteiger charge is 2.03. The van der Waals surface area contributed by atoms with E-state index in [0.717, 1.165) is 16.8 Å². The Morgan fingerprint density at radius 1 is 1.37 bits per heavy atom. The molecule has 0 unspecified atom stereocenters. The highest BCUT2D eigenvalue weighted by Crippen LogP contribution is 2.21. The molecule has 2 rings (SSSR count). The second kappa shape index (κ2) is 5.78. The van der Waals surface area contributed by atoms with E-state index in [4.69, 9.17) is 10.00 Å². The first-order chi connectivity index (χ1) is 9.24. The van der Waals surface area contributed by atoms with Crippen LogP contribution in [-0.2, 0) is 0 Å². The second-order valence-electron chi connectivity index (χ2n) is 3.99. The van der Waals surface area contributed by atoms with Gasteiger partial charge in [-0.15, -0.1) is 0 Å². The summed E-state index contributed by atoms with van der Waals surface area (Å²) in [6, 6.07) is 7.60. The molecule has 4 nitrogen and oxygen atoms in total. The van der Waals surface area contributed by atoms with E-state index in [1.165, 1.54) is 0 Å². The Morgan fingerprint density at radius 3 is 2.84 bits per heavy atom. The minimum Gasteiger partial charge on any atom is -0.495 e. The topological polar surface area (TPSA) is 58.8 Å². The van der Waals surface area contributed by atoms with Crippen LogP contribution in [0.3, 0.4) is 0 Å². The summed E-state index contributed by atoms with van der Waals surface area (Å²) in [6.45, 7) is 1.96. The molecule has 4 heteroatoms. The third-order valence-electron chi connectivity index (χ3n) is 2.69. The third kappa shape index (κ3) is 2.96. The fourth-order valence-corrected chi connectivity index (χ4v) is 1.73. The fourth-order valence-electron chi connectivity index (χ4n) is 1.73. The van der Waals surface area contributed by atoms with E-state index in [1.807, 2.05) is 19.1 Å². The summed E-state index contributed by atoms with van der Waals surface area (Å²) < 4.78 is 5.12. The summed E-state index contributed by atoms with van der Waals surface area (Å²) >= 11 is 0. The minimum absolute atomic E-state index is 0.517. The first-order valence-corrected chi connectivity index (χ1v) is 5.77. The Labute approximate surface area is 112 Å². The molecule has 1 aromatic heterocycles. The molecule has 19 heavy (non-hydrogen) atoms. The van der Waals surface area contributed by atoms with Crippen LogP contribution >= 0.6 is 0 Å². The van der Waals surface area contributed by atoms with Crippen molar-refractivity contribution in [2.75, 3.05) is 7.11 Å². The van der Waals surface area contributed by atoms with Crippen LogP contribution in [0.15, 0.2) is 36.8 Å². The Balaban J connectivity index is 2.36. The molecule has 0 spiro atoms. The maximum absolute atomic E-state index is 9.05. The maximum Gasteiger partial charge on any atom is 0.136 e. The highest BCUT2D eigenvalue weighted by molar-refractivity contribution is 5.78. The number of ether oxygens (including phenoxy) is 1. The number of benzene rings is 1. The van der Waals surface area contributed by atoms with Crippen molar-refractivity contribution in [2.45, 2.75) is 6.92 Å². The van der Waals surface area contributed by atoms with Crippen molar-refractivity contribution >= 4 is 11.6 Å². The summed E-state index contributed by atoms with van der Waals surface area (Å²) in [5.74, 6) is 0.580. The van der Waals surface area contributed by atoms with Crippen LogP contribution in [0.1, 0.15) is 23.7 Å². The van der Waals surface area contributed by atoms with Gasteiger partial charge in [0.1, 0.15) is 11.8 Å². The van der Waals surface area contributed by atoms with E-state index in [2.05, 4.69) is 16.0 Å². The van der Waals surface area contributed by atoms with Gasteiger partial charge in [0.05, 0.1) is 24.6 Å². The zero-order valence-electron chi connectivity index (χ0n) is 10.8. The fraction of sp³-hybridized carbons (Fsp3) is 0.133. The molecule has 1 heterocycles. The lowest BCUT2D eigenvalue weighted by Gasteiger charge is -2.04. The summed E-state index contributed by atoms with van der Waals surface area (Å²) in [6.07, 6.45) is 6.96. The molecule has 0 aliphatic rings. The molecule has 0 bridgehead atoms. The van der Waals surface area contributed by atoms with E-state index < -0.39 is 0 Å². The van der Waals surface area contributed by atoms with Crippen LogP contribution in [0.5, 0.6) is 5.75 Å². The van der Waals surface area contributed by atoms with Crippen molar-refractivity contribution in [2.24, 2.45) is 0 Å². The average molecular weight is 251 g/mol. The van der Waals surface area contributed by atoms with Gasteiger partial charge in [0.25, 0.3) is 0 Å². The van der Waals surface area contributed by atoms with Crippen molar-refractivity contribution in [3.63, 3.8) is 0 Å². The predicted molar refractivity (Wildman–Crippen MR) is 73.3 cm³/mol. The zero-order valence-corrected chi connectivity index (χ0v) is 10.8. The standard InChI is InChI=1S/C15H13N3O/c1-11(14-10-17-5-6-18-14)7-12-3-4-15(19-2)13(8-12)9-16/h3-8,10H,1-2H3/b11-7+. The van der Waals surface area contributed by atoms with Crippen LogP contribution in [0.2, 0.25) is 0 Å². The molecule has 0 fully saturated rings. The average Bonchev–Trinajstić information content (AvgIpc) is 2.48. The molecule has 0 saturated heterocycles. The monoisotopic (exact) mass is 251 g/mol. The van der Waals surface area contributed by atoms with E-state index in [0.29, 0.717) is 11.3 Å². The number of nitrogens with zero attached hydrogens (tertiary/aromatic N) is 3. The number of aromatic nitrogens is 2. The molecule has 0 N–H and O–H groups in total. The quantitative estimate of drug-likeness (QED) is 0.841. The number of nitriles is 1. The largest absolute Gasteiger partial charge is 0.495 e. The summed E-state index contributed by atoms with van der Waals surface area (Å²) in [5.41, 5.74) is 3.25. The van der Waals surface area contributed by atoms with Gasteiger partial charge in [0.2, 0.25) is 0 Å². The minimum atomic E-state index is 0.517. The van der Waals surface area contributed by atoms with Crippen LogP contribution < -0.4 is 4.74 Å². The molecular formula is C15H13N3O. The number of allylic oxidation sites excluding steroid dienone is 1. The molecule has 0 radical (unpaired) electrons. The van der Waals surface area contributed by atoms with Gasteiger partial charge in [-0.25, -0.2) is 0 Å². The SMILES string of the molecule is COc1ccc(/C=C(\C)c2cnccn2)cc1C#N. The number of methoxy groups -OCH3 is 1. The summed E-state index contributed by atoms with van der Waals surface area (Å²) in [5, 5.41) is 9.05. The van der Waals surface area contributed by atoms with Crippen LogP contribution in [0, 0.1) is 11.3 Å². The van der Waals surface area contributed by atoms with Crippen molar-refractivity contribution < 1.29 is 4.74 Å². The van der Waals surface area contributed by atoms with Gasteiger partial charge in [-0.2, -0.15) is 5.26 Å². The lowest BCUT2D eigenvalue weighted by molar-refractivity contribution is 0.413. The first kappa shape index (κ1) is 12.8. The Bertz CT molecular complexity index is 642. The van der Waals surface area contributed by atoms with Gasteiger partial charge in [0.15, 0.2) is 0 Å².